The minimum atomic E-state index is 0.0550. The van der Waals surface area contributed by atoms with Crippen molar-refractivity contribution in [3.05, 3.63) is 33.4 Å². The van der Waals surface area contributed by atoms with Crippen LogP contribution in [0.1, 0.15) is 36.0 Å². The van der Waals surface area contributed by atoms with E-state index in [4.69, 9.17) is 0 Å². The van der Waals surface area contributed by atoms with Crippen molar-refractivity contribution in [2.75, 3.05) is 7.05 Å². The first kappa shape index (κ1) is 13.5. The van der Waals surface area contributed by atoms with Gasteiger partial charge in [0.1, 0.15) is 5.78 Å². The largest absolute Gasteiger partial charge is 0.339 e. The SMILES string of the molecule is CN(C(=O)c1ccccc1I)C1CCC(=O)CC1. The molecule has 0 atom stereocenters. The van der Waals surface area contributed by atoms with Gasteiger partial charge in [-0.05, 0) is 47.6 Å². The predicted octanol–water partition coefficient (Wildman–Crippen LogP) is 2.87. The number of carbonyl (C=O) groups excluding carboxylic acids is 2. The second-order valence-electron chi connectivity index (χ2n) is 4.67. The second-order valence-corrected chi connectivity index (χ2v) is 5.83. The molecular formula is C14H16INO2. The molecule has 0 unspecified atom stereocenters. The molecule has 0 bridgehead atoms. The first-order valence-corrected chi connectivity index (χ1v) is 7.21. The van der Waals surface area contributed by atoms with Crippen molar-refractivity contribution in [2.45, 2.75) is 31.7 Å². The van der Waals surface area contributed by atoms with Crippen LogP contribution in [0, 0.1) is 3.57 Å². The van der Waals surface area contributed by atoms with Gasteiger partial charge in [0.15, 0.2) is 0 Å². The Labute approximate surface area is 121 Å². The summed E-state index contributed by atoms with van der Waals surface area (Å²) >= 11 is 2.18. The van der Waals surface area contributed by atoms with E-state index in [2.05, 4.69) is 22.6 Å². The summed E-state index contributed by atoms with van der Waals surface area (Å²) in [6.45, 7) is 0. The van der Waals surface area contributed by atoms with Crippen LogP contribution in [-0.2, 0) is 4.79 Å². The van der Waals surface area contributed by atoms with Crippen LogP contribution < -0.4 is 0 Å². The number of Topliss-reactive ketones (excluding diaryl/α,β-unsaturated/α-hetero) is 1. The first-order chi connectivity index (χ1) is 8.59. The van der Waals surface area contributed by atoms with Gasteiger partial charge in [0.25, 0.3) is 5.91 Å². The maximum atomic E-state index is 12.4. The van der Waals surface area contributed by atoms with Crippen LogP contribution in [0.2, 0.25) is 0 Å². The summed E-state index contributed by atoms with van der Waals surface area (Å²) in [7, 11) is 1.84. The Kier molecular flexibility index (Phi) is 4.37. The topological polar surface area (TPSA) is 37.4 Å². The molecule has 4 heteroatoms. The van der Waals surface area contributed by atoms with Crippen LogP contribution >= 0.6 is 22.6 Å². The minimum absolute atomic E-state index is 0.0550. The molecule has 18 heavy (non-hydrogen) atoms. The molecular weight excluding hydrogens is 341 g/mol. The fraction of sp³-hybridized carbons (Fsp3) is 0.429. The van der Waals surface area contributed by atoms with Crippen molar-refractivity contribution in [1.82, 2.24) is 4.90 Å². The highest BCUT2D eigenvalue weighted by atomic mass is 127. The van der Waals surface area contributed by atoms with E-state index in [-0.39, 0.29) is 11.9 Å². The Balaban J connectivity index is 2.09. The Morgan fingerprint density at radius 3 is 2.50 bits per heavy atom. The third-order valence-electron chi connectivity index (χ3n) is 3.49. The van der Waals surface area contributed by atoms with E-state index in [9.17, 15) is 9.59 Å². The van der Waals surface area contributed by atoms with Gasteiger partial charge >= 0.3 is 0 Å². The van der Waals surface area contributed by atoms with Gasteiger partial charge in [0.05, 0.1) is 5.56 Å². The van der Waals surface area contributed by atoms with Crippen molar-refractivity contribution in [3.63, 3.8) is 0 Å². The molecule has 1 fully saturated rings. The third kappa shape index (κ3) is 2.91. The van der Waals surface area contributed by atoms with Crippen molar-refractivity contribution in [3.8, 4) is 0 Å². The molecule has 1 aliphatic carbocycles. The summed E-state index contributed by atoms with van der Waals surface area (Å²) in [5.74, 6) is 0.376. The molecule has 3 nitrogen and oxygen atoms in total. The summed E-state index contributed by atoms with van der Waals surface area (Å²) in [4.78, 5) is 25.4. The predicted molar refractivity (Wildman–Crippen MR) is 78.5 cm³/mol. The zero-order valence-corrected chi connectivity index (χ0v) is 12.5. The number of hydrogen-bond donors (Lipinski definition) is 0. The van der Waals surface area contributed by atoms with E-state index >= 15 is 0 Å². The van der Waals surface area contributed by atoms with Crippen molar-refractivity contribution >= 4 is 34.3 Å². The number of ketones is 1. The molecule has 1 saturated carbocycles. The Bertz CT molecular complexity index is 463. The highest BCUT2D eigenvalue weighted by Crippen LogP contribution is 2.22. The molecule has 0 spiro atoms. The quantitative estimate of drug-likeness (QED) is 0.764. The summed E-state index contributed by atoms with van der Waals surface area (Å²) in [6.07, 6.45) is 2.80. The van der Waals surface area contributed by atoms with Crippen LogP contribution in [0.5, 0.6) is 0 Å². The van der Waals surface area contributed by atoms with E-state index in [1.165, 1.54) is 0 Å². The zero-order valence-electron chi connectivity index (χ0n) is 10.4. The molecule has 0 saturated heterocycles. The van der Waals surface area contributed by atoms with Gasteiger partial charge in [-0.2, -0.15) is 0 Å². The normalized spacial score (nSPS) is 16.7. The fourth-order valence-corrected chi connectivity index (χ4v) is 2.92. The van der Waals surface area contributed by atoms with Crippen LogP contribution in [0.25, 0.3) is 0 Å². The summed E-state index contributed by atoms with van der Waals surface area (Å²) < 4.78 is 0.971. The van der Waals surface area contributed by atoms with E-state index in [1.807, 2.05) is 31.3 Å². The summed E-state index contributed by atoms with van der Waals surface area (Å²) in [5.41, 5.74) is 0.748. The van der Waals surface area contributed by atoms with Crippen LogP contribution in [-0.4, -0.2) is 29.7 Å². The molecule has 2 rings (SSSR count). The standard InChI is InChI=1S/C14H16INO2/c1-16(10-6-8-11(17)9-7-10)14(18)12-4-2-3-5-13(12)15/h2-5,10H,6-9H2,1H3. The molecule has 1 aliphatic rings. The number of halogens is 1. The Morgan fingerprint density at radius 2 is 1.89 bits per heavy atom. The minimum Gasteiger partial charge on any atom is -0.339 e. The van der Waals surface area contributed by atoms with E-state index < -0.39 is 0 Å². The number of carbonyl (C=O) groups is 2. The van der Waals surface area contributed by atoms with E-state index in [1.54, 1.807) is 4.90 Å². The summed E-state index contributed by atoms with van der Waals surface area (Å²) in [5, 5.41) is 0. The monoisotopic (exact) mass is 357 g/mol. The van der Waals surface area contributed by atoms with Gasteiger partial charge in [-0.25, -0.2) is 0 Å². The zero-order chi connectivity index (χ0) is 13.1. The third-order valence-corrected chi connectivity index (χ3v) is 4.43. The molecule has 0 aromatic heterocycles. The smallest absolute Gasteiger partial charge is 0.254 e. The van der Waals surface area contributed by atoms with Crippen molar-refractivity contribution in [2.24, 2.45) is 0 Å². The average molecular weight is 357 g/mol. The highest BCUT2D eigenvalue weighted by Gasteiger charge is 2.26. The molecule has 0 N–H and O–H groups in total. The summed E-state index contributed by atoms with van der Waals surface area (Å²) in [6, 6.07) is 7.80. The van der Waals surface area contributed by atoms with Crippen LogP contribution in [0.15, 0.2) is 24.3 Å². The first-order valence-electron chi connectivity index (χ1n) is 6.13. The number of benzene rings is 1. The lowest BCUT2D eigenvalue weighted by Crippen LogP contribution is -2.39. The second kappa shape index (κ2) is 5.82. The van der Waals surface area contributed by atoms with Gasteiger partial charge in [0.2, 0.25) is 0 Å². The highest BCUT2D eigenvalue weighted by molar-refractivity contribution is 14.1. The molecule has 1 aromatic rings. The van der Waals surface area contributed by atoms with Gasteiger partial charge in [-0.3, -0.25) is 9.59 Å². The lowest BCUT2D eigenvalue weighted by atomic mass is 9.93. The lowest BCUT2D eigenvalue weighted by Gasteiger charge is -2.31. The number of amides is 1. The number of nitrogens with zero attached hydrogens (tertiary/aromatic N) is 1. The molecule has 1 amide bonds. The van der Waals surface area contributed by atoms with E-state index in [0.29, 0.717) is 18.6 Å². The fourth-order valence-electron chi connectivity index (χ4n) is 2.30. The molecule has 96 valence electrons. The number of rotatable bonds is 2. The van der Waals surface area contributed by atoms with Gasteiger partial charge in [0, 0.05) is 29.5 Å². The maximum Gasteiger partial charge on any atom is 0.254 e. The molecule has 1 aromatic carbocycles. The molecule has 0 aliphatic heterocycles. The average Bonchev–Trinajstić information content (AvgIpc) is 2.38. The molecule has 0 radical (unpaired) electrons. The van der Waals surface area contributed by atoms with Crippen LogP contribution in [0.3, 0.4) is 0 Å². The van der Waals surface area contributed by atoms with Crippen molar-refractivity contribution in [1.29, 1.82) is 0 Å². The number of hydrogen-bond acceptors (Lipinski definition) is 2. The van der Waals surface area contributed by atoms with Gasteiger partial charge in [-0.1, -0.05) is 12.1 Å². The Morgan fingerprint density at radius 1 is 1.28 bits per heavy atom. The maximum absolute atomic E-state index is 12.4. The van der Waals surface area contributed by atoms with E-state index in [0.717, 1.165) is 22.0 Å². The van der Waals surface area contributed by atoms with Gasteiger partial charge in [-0.15, -0.1) is 0 Å². The van der Waals surface area contributed by atoms with Gasteiger partial charge < -0.3 is 4.90 Å². The lowest BCUT2D eigenvalue weighted by molar-refractivity contribution is -0.121. The molecule has 0 heterocycles. The Hall–Kier alpha value is -0.910. The van der Waals surface area contributed by atoms with Crippen molar-refractivity contribution < 1.29 is 9.59 Å². The van der Waals surface area contributed by atoms with Crippen LogP contribution in [0.4, 0.5) is 0 Å².